The van der Waals surface area contributed by atoms with Crippen LogP contribution in [0.1, 0.15) is 30.2 Å². The van der Waals surface area contributed by atoms with Crippen molar-refractivity contribution in [3.8, 4) is 0 Å². The van der Waals surface area contributed by atoms with Crippen molar-refractivity contribution in [1.82, 2.24) is 25.0 Å². The highest BCUT2D eigenvalue weighted by atomic mass is 16.3. The van der Waals surface area contributed by atoms with Crippen molar-refractivity contribution >= 4 is 0 Å². The van der Waals surface area contributed by atoms with E-state index in [9.17, 15) is 5.11 Å². The number of hydrogen-bond donors (Lipinski definition) is 2. The first-order valence-electron chi connectivity index (χ1n) is 5.27. The average Bonchev–Trinajstić information content (AvgIpc) is 2.87. The van der Waals surface area contributed by atoms with Crippen LogP contribution in [-0.2, 0) is 13.0 Å². The first-order chi connectivity index (χ1) is 7.70. The molecule has 0 radical (unpaired) electrons. The van der Waals surface area contributed by atoms with E-state index in [2.05, 4.69) is 20.3 Å². The normalized spacial score (nSPS) is 12.9. The number of aryl methyl sites for hydroxylation is 2. The fraction of sp³-hybridized carbons (Fsp3) is 0.500. The highest BCUT2D eigenvalue weighted by Crippen LogP contribution is 2.15. The number of nitrogens with zero attached hydrogens (tertiary/aromatic N) is 4. The molecule has 2 N–H and O–H groups in total. The van der Waals surface area contributed by atoms with E-state index in [-0.39, 0.29) is 0 Å². The fourth-order valence-electron chi connectivity index (χ4n) is 1.71. The molecule has 0 saturated heterocycles. The van der Waals surface area contributed by atoms with Crippen LogP contribution in [0.3, 0.4) is 0 Å². The number of nitrogens with one attached hydrogen (secondary N) is 1. The summed E-state index contributed by atoms with van der Waals surface area (Å²) >= 11 is 0. The van der Waals surface area contributed by atoms with E-state index < -0.39 is 6.10 Å². The Kier molecular flexibility index (Phi) is 3.00. The van der Waals surface area contributed by atoms with Gasteiger partial charge in [-0.1, -0.05) is 0 Å². The lowest BCUT2D eigenvalue weighted by Crippen LogP contribution is -2.09. The Morgan fingerprint density at radius 1 is 1.56 bits per heavy atom. The van der Waals surface area contributed by atoms with Crippen LogP contribution in [-0.4, -0.2) is 30.1 Å². The first kappa shape index (κ1) is 10.8. The molecule has 1 atom stereocenters. The Hall–Kier alpha value is -1.69. The Balaban J connectivity index is 2.14. The summed E-state index contributed by atoms with van der Waals surface area (Å²) in [6.45, 7) is 4.76. The molecule has 0 aromatic carbocycles. The van der Waals surface area contributed by atoms with E-state index in [0.29, 0.717) is 12.2 Å². The van der Waals surface area contributed by atoms with Crippen molar-refractivity contribution in [2.45, 2.75) is 32.9 Å². The molecule has 0 aliphatic carbocycles. The van der Waals surface area contributed by atoms with Crippen LogP contribution in [0, 0.1) is 6.92 Å². The maximum atomic E-state index is 9.92. The van der Waals surface area contributed by atoms with Crippen LogP contribution in [0.5, 0.6) is 0 Å². The van der Waals surface area contributed by atoms with Crippen LogP contribution in [0.25, 0.3) is 0 Å². The summed E-state index contributed by atoms with van der Waals surface area (Å²) in [6.07, 6.45) is 1.22. The third-order valence-electron chi connectivity index (χ3n) is 2.44. The molecule has 16 heavy (non-hydrogen) atoms. The highest BCUT2D eigenvalue weighted by molar-refractivity contribution is 5.11. The SMILES string of the molecule is CCn1nc(C)cc1CC(O)c1ncn[nH]1. The molecule has 1 unspecified atom stereocenters. The minimum absolute atomic E-state index is 0.488. The lowest BCUT2D eigenvalue weighted by molar-refractivity contribution is 0.166. The summed E-state index contributed by atoms with van der Waals surface area (Å²) in [7, 11) is 0. The molecule has 2 heterocycles. The molecule has 0 amide bonds. The monoisotopic (exact) mass is 221 g/mol. The summed E-state index contributed by atoms with van der Waals surface area (Å²) < 4.78 is 1.88. The molecule has 0 spiro atoms. The van der Waals surface area contributed by atoms with Gasteiger partial charge in [-0.15, -0.1) is 0 Å². The van der Waals surface area contributed by atoms with E-state index in [1.165, 1.54) is 6.33 Å². The van der Waals surface area contributed by atoms with E-state index in [1.807, 2.05) is 24.6 Å². The molecule has 0 aliphatic rings. The third kappa shape index (κ3) is 2.11. The zero-order valence-electron chi connectivity index (χ0n) is 9.38. The second-order valence-electron chi connectivity index (χ2n) is 3.68. The molecule has 2 rings (SSSR count). The van der Waals surface area contributed by atoms with Crippen molar-refractivity contribution in [3.63, 3.8) is 0 Å². The van der Waals surface area contributed by atoms with Crippen LogP contribution in [0.2, 0.25) is 0 Å². The number of aliphatic hydroxyl groups is 1. The van der Waals surface area contributed by atoms with Gasteiger partial charge in [-0.05, 0) is 19.9 Å². The fourth-order valence-corrected chi connectivity index (χ4v) is 1.71. The Labute approximate surface area is 93.3 Å². The van der Waals surface area contributed by atoms with Crippen LogP contribution >= 0.6 is 0 Å². The number of aromatic amines is 1. The molecule has 6 heteroatoms. The summed E-state index contributed by atoms with van der Waals surface area (Å²) in [5, 5.41) is 20.6. The minimum Gasteiger partial charge on any atom is -0.385 e. The van der Waals surface area contributed by atoms with Gasteiger partial charge in [-0.3, -0.25) is 9.78 Å². The van der Waals surface area contributed by atoms with Crippen LogP contribution in [0.4, 0.5) is 0 Å². The average molecular weight is 221 g/mol. The van der Waals surface area contributed by atoms with E-state index >= 15 is 0 Å². The molecule has 0 fully saturated rings. The van der Waals surface area contributed by atoms with Gasteiger partial charge in [0, 0.05) is 18.7 Å². The molecule has 0 saturated carbocycles. The molecule has 0 aliphatic heterocycles. The third-order valence-corrected chi connectivity index (χ3v) is 2.44. The molecule has 86 valence electrons. The van der Waals surface area contributed by atoms with Gasteiger partial charge in [0.1, 0.15) is 12.4 Å². The second-order valence-corrected chi connectivity index (χ2v) is 3.68. The van der Waals surface area contributed by atoms with Gasteiger partial charge in [0.05, 0.1) is 5.69 Å². The number of aliphatic hydroxyl groups excluding tert-OH is 1. The molecule has 6 nitrogen and oxygen atoms in total. The number of hydrogen-bond acceptors (Lipinski definition) is 4. The maximum absolute atomic E-state index is 9.92. The minimum atomic E-state index is -0.663. The predicted octanol–water partition coefficient (Wildman–Crippen LogP) is 0.606. The van der Waals surface area contributed by atoms with Crippen LogP contribution in [0.15, 0.2) is 12.4 Å². The maximum Gasteiger partial charge on any atom is 0.153 e. The van der Waals surface area contributed by atoms with Gasteiger partial charge in [-0.25, -0.2) is 4.98 Å². The Bertz CT molecular complexity index is 448. The van der Waals surface area contributed by atoms with Crippen molar-refractivity contribution in [2.75, 3.05) is 0 Å². The van der Waals surface area contributed by atoms with Gasteiger partial charge in [-0.2, -0.15) is 10.2 Å². The van der Waals surface area contributed by atoms with Crippen molar-refractivity contribution < 1.29 is 5.11 Å². The zero-order chi connectivity index (χ0) is 11.5. The molecule has 0 bridgehead atoms. The number of rotatable bonds is 4. The quantitative estimate of drug-likeness (QED) is 0.792. The largest absolute Gasteiger partial charge is 0.385 e. The molecule has 2 aromatic heterocycles. The molecular formula is C10H15N5O. The second kappa shape index (κ2) is 4.44. The smallest absolute Gasteiger partial charge is 0.153 e. The predicted molar refractivity (Wildman–Crippen MR) is 57.7 cm³/mol. The Morgan fingerprint density at radius 2 is 2.38 bits per heavy atom. The van der Waals surface area contributed by atoms with Gasteiger partial charge >= 0.3 is 0 Å². The van der Waals surface area contributed by atoms with E-state index in [0.717, 1.165) is 17.9 Å². The highest BCUT2D eigenvalue weighted by Gasteiger charge is 2.14. The standard InChI is InChI=1S/C10H15N5O/c1-3-15-8(4-7(2)14-15)5-9(16)10-11-6-12-13-10/h4,6,9,16H,3,5H2,1-2H3,(H,11,12,13). The van der Waals surface area contributed by atoms with Crippen molar-refractivity contribution in [1.29, 1.82) is 0 Å². The van der Waals surface area contributed by atoms with Crippen molar-refractivity contribution in [3.05, 3.63) is 29.6 Å². The first-order valence-corrected chi connectivity index (χ1v) is 5.27. The summed E-state index contributed by atoms with van der Waals surface area (Å²) in [5.41, 5.74) is 1.96. The van der Waals surface area contributed by atoms with Crippen LogP contribution < -0.4 is 0 Å². The van der Waals surface area contributed by atoms with Gasteiger partial charge in [0.15, 0.2) is 5.82 Å². The molecular weight excluding hydrogens is 206 g/mol. The summed E-state index contributed by atoms with van der Waals surface area (Å²) in [4.78, 5) is 3.93. The lowest BCUT2D eigenvalue weighted by Gasteiger charge is -2.08. The number of H-pyrrole nitrogens is 1. The van der Waals surface area contributed by atoms with E-state index in [4.69, 9.17) is 0 Å². The van der Waals surface area contributed by atoms with Gasteiger partial charge < -0.3 is 5.11 Å². The van der Waals surface area contributed by atoms with Crippen molar-refractivity contribution in [2.24, 2.45) is 0 Å². The lowest BCUT2D eigenvalue weighted by atomic mass is 10.2. The summed E-state index contributed by atoms with van der Waals surface area (Å²) in [6, 6.07) is 1.98. The topological polar surface area (TPSA) is 79.6 Å². The summed E-state index contributed by atoms with van der Waals surface area (Å²) in [5.74, 6) is 0.488. The zero-order valence-corrected chi connectivity index (χ0v) is 9.38. The van der Waals surface area contributed by atoms with E-state index in [1.54, 1.807) is 0 Å². The van der Waals surface area contributed by atoms with Gasteiger partial charge in [0.2, 0.25) is 0 Å². The number of aromatic nitrogens is 5. The molecule has 2 aromatic rings. The Morgan fingerprint density at radius 3 is 3.00 bits per heavy atom. The van der Waals surface area contributed by atoms with Gasteiger partial charge in [0.25, 0.3) is 0 Å².